The lowest BCUT2D eigenvalue weighted by Gasteiger charge is -2.15. The molecule has 2 rings (SSSR count). The van der Waals surface area contributed by atoms with Crippen molar-refractivity contribution in [2.75, 3.05) is 25.7 Å². The maximum Gasteiger partial charge on any atom is 0.226 e. The average molecular weight is 367 g/mol. The van der Waals surface area contributed by atoms with Gasteiger partial charge in [0.05, 0.1) is 31.9 Å². The van der Waals surface area contributed by atoms with Gasteiger partial charge in [0.25, 0.3) is 0 Å². The van der Waals surface area contributed by atoms with E-state index >= 15 is 0 Å². The largest absolute Gasteiger partial charge is 0.497 e. The van der Waals surface area contributed by atoms with Crippen molar-refractivity contribution in [1.82, 2.24) is 10.3 Å². The monoisotopic (exact) mass is 366 g/mol. The topological polar surface area (TPSA) is 71.5 Å². The average Bonchev–Trinajstić information content (AvgIpc) is 3.07. The van der Waals surface area contributed by atoms with Gasteiger partial charge in [-0.15, -0.1) is 11.3 Å². The van der Waals surface area contributed by atoms with Gasteiger partial charge in [-0.05, 0) is 42.7 Å². The molecule has 2 aromatic rings. The number of carbonyl (C=O) groups excluding carboxylic acids is 1. The van der Waals surface area contributed by atoms with Crippen LogP contribution in [0.2, 0.25) is 0 Å². The maximum atomic E-state index is 12.1. The molecule has 1 heterocycles. The summed E-state index contributed by atoms with van der Waals surface area (Å²) in [6, 6.07) is 7.49. The van der Waals surface area contributed by atoms with Crippen LogP contribution in [0.5, 0.6) is 5.75 Å². The molecule has 1 atom stereocenters. The minimum absolute atomic E-state index is 0.0412. The molecule has 130 valence electrons. The van der Waals surface area contributed by atoms with E-state index in [-0.39, 0.29) is 25.0 Å². The van der Waals surface area contributed by atoms with E-state index in [0.717, 1.165) is 34.2 Å². The molecule has 0 aliphatic rings. The smallest absolute Gasteiger partial charge is 0.226 e. The van der Waals surface area contributed by atoms with Crippen LogP contribution in [0.25, 0.3) is 10.6 Å². The van der Waals surface area contributed by atoms with Crippen molar-refractivity contribution in [3.8, 4) is 16.3 Å². The fourth-order valence-electron chi connectivity index (χ4n) is 2.17. The van der Waals surface area contributed by atoms with E-state index in [2.05, 4.69) is 10.3 Å². The number of aromatic nitrogens is 1. The summed E-state index contributed by atoms with van der Waals surface area (Å²) in [6.45, 7) is -0.0412. The molecule has 0 bridgehead atoms. The Morgan fingerprint density at radius 2 is 2.17 bits per heavy atom. The number of methoxy groups -OCH3 is 1. The highest BCUT2D eigenvalue weighted by Gasteiger charge is 2.13. The molecule has 0 saturated heterocycles. The molecular formula is C17H22N2O3S2. The third kappa shape index (κ3) is 5.51. The third-order valence-electron chi connectivity index (χ3n) is 3.49. The van der Waals surface area contributed by atoms with Crippen LogP contribution in [0.1, 0.15) is 12.1 Å². The van der Waals surface area contributed by atoms with E-state index < -0.39 is 0 Å². The number of carbonyl (C=O) groups is 1. The fourth-order valence-corrected chi connectivity index (χ4v) is 3.51. The van der Waals surface area contributed by atoms with Gasteiger partial charge in [0.2, 0.25) is 5.91 Å². The molecule has 1 aromatic heterocycles. The molecule has 1 amide bonds. The van der Waals surface area contributed by atoms with Gasteiger partial charge >= 0.3 is 0 Å². The molecular weight excluding hydrogens is 344 g/mol. The Kier molecular flexibility index (Phi) is 7.55. The second-order valence-electron chi connectivity index (χ2n) is 5.28. The van der Waals surface area contributed by atoms with Crippen LogP contribution < -0.4 is 10.1 Å². The van der Waals surface area contributed by atoms with Gasteiger partial charge in [-0.1, -0.05) is 0 Å². The minimum atomic E-state index is -0.190. The maximum absolute atomic E-state index is 12.1. The summed E-state index contributed by atoms with van der Waals surface area (Å²) in [7, 11) is 1.63. The molecule has 2 N–H and O–H groups in total. The Balaban J connectivity index is 1.93. The van der Waals surface area contributed by atoms with E-state index in [1.54, 1.807) is 18.9 Å². The van der Waals surface area contributed by atoms with Crippen LogP contribution in [0.15, 0.2) is 29.6 Å². The van der Waals surface area contributed by atoms with Crippen molar-refractivity contribution in [3.63, 3.8) is 0 Å². The lowest BCUT2D eigenvalue weighted by atomic mass is 10.2. The van der Waals surface area contributed by atoms with Crippen molar-refractivity contribution < 1.29 is 14.6 Å². The molecule has 0 spiro atoms. The Morgan fingerprint density at radius 1 is 1.42 bits per heavy atom. The van der Waals surface area contributed by atoms with Crippen LogP contribution in [-0.4, -0.2) is 47.8 Å². The number of nitrogens with one attached hydrogen (secondary N) is 1. The third-order valence-corrected chi connectivity index (χ3v) is 5.07. The van der Waals surface area contributed by atoms with Crippen molar-refractivity contribution >= 4 is 29.0 Å². The standard InChI is InChI=1S/C17H22N2O3S2/c1-22-15-5-3-12(4-6-15)17-19-14(11-24-17)9-16(21)18-13(10-20)7-8-23-2/h3-6,11,13,20H,7-10H2,1-2H3,(H,18,21)/t13-/m0/s1. The second-order valence-corrected chi connectivity index (χ2v) is 7.12. The number of aliphatic hydroxyl groups excluding tert-OH is 1. The lowest BCUT2D eigenvalue weighted by molar-refractivity contribution is -0.121. The summed E-state index contributed by atoms with van der Waals surface area (Å²) in [5.41, 5.74) is 1.74. The first-order valence-electron chi connectivity index (χ1n) is 7.64. The summed E-state index contributed by atoms with van der Waals surface area (Å²) in [4.78, 5) is 16.6. The van der Waals surface area contributed by atoms with Crippen LogP contribution in [0, 0.1) is 0 Å². The van der Waals surface area contributed by atoms with Crippen molar-refractivity contribution in [3.05, 3.63) is 35.3 Å². The molecule has 0 saturated carbocycles. The first-order chi connectivity index (χ1) is 11.7. The number of thiazole rings is 1. The minimum Gasteiger partial charge on any atom is -0.497 e. The van der Waals surface area contributed by atoms with Gasteiger partial charge in [-0.2, -0.15) is 11.8 Å². The number of ether oxygens (including phenoxy) is 1. The quantitative estimate of drug-likeness (QED) is 0.714. The number of hydrogen-bond acceptors (Lipinski definition) is 6. The van der Waals surface area contributed by atoms with Crippen LogP contribution >= 0.6 is 23.1 Å². The van der Waals surface area contributed by atoms with Crippen molar-refractivity contribution in [2.45, 2.75) is 18.9 Å². The summed E-state index contributed by atoms with van der Waals surface area (Å²) in [5, 5.41) is 14.9. The summed E-state index contributed by atoms with van der Waals surface area (Å²) in [5.74, 6) is 1.60. The Bertz CT molecular complexity index is 644. The van der Waals surface area contributed by atoms with E-state index in [1.165, 1.54) is 11.3 Å². The van der Waals surface area contributed by atoms with Crippen LogP contribution in [-0.2, 0) is 11.2 Å². The van der Waals surface area contributed by atoms with Crippen LogP contribution in [0.3, 0.4) is 0 Å². The van der Waals surface area contributed by atoms with Crippen LogP contribution in [0.4, 0.5) is 0 Å². The van der Waals surface area contributed by atoms with Crippen molar-refractivity contribution in [2.24, 2.45) is 0 Å². The number of amides is 1. The highest BCUT2D eigenvalue weighted by molar-refractivity contribution is 7.98. The second kappa shape index (κ2) is 9.66. The number of aliphatic hydroxyl groups is 1. The Morgan fingerprint density at radius 3 is 2.79 bits per heavy atom. The Labute approximate surface area is 150 Å². The van der Waals surface area contributed by atoms with E-state index in [4.69, 9.17) is 4.74 Å². The molecule has 0 aliphatic carbocycles. The predicted octanol–water partition coefficient (Wildman–Crippen LogP) is 2.59. The van der Waals surface area contributed by atoms with E-state index in [1.807, 2.05) is 35.9 Å². The summed E-state index contributed by atoms with van der Waals surface area (Å²) in [6.07, 6.45) is 2.99. The number of hydrogen-bond donors (Lipinski definition) is 2. The highest BCUT2D eigenvalue weighted by atomic mass is 32.2. The van der Waals surface area contributed by atoms with E-state index in [0.29, 0.717) is 0 Å². The van der Waals surface area contributed by atoms with Crippen molar-refractivity contribution in [1.29, 1.82) is 0 Å². The van der Waals surface area contributed by atoms with E-state index in [9.17, 15) is 9.90 Å². The summed E-state index contributed by atoms with van der Waals surface area (Å²) < 4.78 is 5.15. The van der Waals surface area contributed by atoms with Gasteiger partial charge in [0, 0.05) is 10.9 Å². The first-order valence-corrected chi connectivity index (χ1v) is 9.91. The summed E-state index contributed by atoms with van der Waals surface area (Å²) >= 11 is 3.21. The number of benzene rings is 1. The fraction of sp³-hybridized carbons (Fsp3) is 0.412. The zero-order valence-corrected chi connectivity index (χ0v) is 15.5. The molecule has 0 aliphatic heterocycles. The molecule has 24 heavy (non-hydrogen) atoms. The predicted molar refractivity (Wildman–Crippen MR) is 99.8 cm³/mol. The van der Waals surface area contributed by atoms with Gasteiger partial charge in [-0.25, -0.2) is 4.98 Å². The zero-order chi connectivity index (χ0) is 17.4. The number of thioether (sulfide) groups is 1. The molecule has 0 fully saturated rings. The molecule has 1 aromatic carbocycles. The molecule has 0 unspecified atom stereocenters. The van der Waals surface area contributed by atoms with Gasteiger partial charge < -0.3 is 15.2 Å². The zero-order valence-electron chi connectivity index (χ0n) is 13.8. The first kappa shape index (κ1) is 18.8. The SMILES string of the molecule is COc1ccc(-c2nc(CC(=O)N[C@H](CO)CCSC)cs2)cc1. The number of rotatable bonds is 9. The Hall–Kier alpha value is -1.57. The van der Waals surface area contributed by atoms with Gasteiger partial charge in [0.15, 0.2) is 0 Å². The molecule has 0 radical (unpaired) electrons. The van der Waals surface area contributed by atoms with Gasteiger partial charge in [0.1, 0.15) is 10.8 Å². The highest BCUT2D eigenvalue weighted by Crippen LogP contribution is 2.25. The molecule has 7 heteroatoms. The van der Waals surface area contributed by atoms with Gasteiger partial charge in [-0.3, -0.25) is 4.79 Å². The number of nitrogens with zero attached hydrogens (tertiary/aromatic N) is 1. The molecule has 5 nitrogen and oxygen atoms in total. The lowest BCUT2D eigenvalue weighted by Crippen LogP contribution is -2.38. The normalized spacial score (nSPS) is 12.0.